The third-order valence-electron chi connectivity index (χ3n) is 4.02. The van der Waals surface area contributed by atoms with Gasteiger partial charge in [0.1, 0.15) is 0 Å². The number of carbonyl (C=O) groups is 2. The Kier molecular flexibility index (Phi) is 7.12. The van der Waals surface area contributed by atoms with E-state index in [1.807, 2.05) is 0 Å². The standard InChI is InChI=1S/C20H21F3N2O2S/c1-13(14-8-10-15(11-9-14)20(21,22)23)12-18(26)24-16-6-4-5-7-17(16)28-19(27)25(2)3/h4-11,13H,12H2,1-3H3,(H,24,26). The Balaban J connectivity index is 2.03. The van der Waals surface area contributed by atoms with Crippen molar-refractivity contribution in [2.24, 2.45) is 0 Å². The summed E-state index contributed by atoms with van der Waals surface area (Å²) in [4.78, 5) is 26.4. The van der Waals surface area contributed by atoms with Crippen LogP contribution in [0.3, 0.4) is 0 Å². The first-order valence-corrected chi connectivity index (χ1v) is 9.34. The number of benzene rings is 2. The Labute approximate surface area is 166 Å². The Hall–Kier alpha value is -2.48. The Morgan fingerprint density at radius 2 is 1.68 bits per heavy atom. The number of nitrogens with one attached hydrogen (secondary N) is 1. The van der Waals surface area contributed by atoms with E-state index < -0.39 is 11.7 Å². The molecule has 8 heteroatoms. The first-order valence-electron chi connectivity index (χ1n) is 8.53. The molecule has 1 N–H and O–H groups in total. The van der Waals surface area contributed by atoms with Gasteiger partial charge in [-0.25, -0.2) is 0 Å². The maximum Gasteiger partial charge on any atom is 0.416 e. The summed E-state index contributed by atoms with van der Waals surface area (Å²) in [5.41, 5.74) is 0.449. The second kappa shape index (κ2) is 9.14. The first-order chi connectivity index (χ1) is 13.1. The minimum absolute atomic E-state index is 0.103. The number of rotatable bonds is 5. The molecule has 0 saturated heterocycles. The molecule has 0 saturated carbocycles. The number of amides is 2. The predicted octanol–water partition coefficient (Wildman–Crippen LogP) is 5.61. The minimum Gasteiger partial charge on any atom is -0.339 e. The monoisotopic (exact) mass is 410 g/mol. The molecule has 2 rings (SSSR count). The molecular weight excluding hydrogens is 389 g/mol. The van der Waals surface area contributed by atoms with Gasteiger partial charge in [0.25, 0.3) is 5.24 Å². The molecule has 2 aromatic carbocycles. The van der Waals surface area contributed by atoms with E-state index in [9.17, 15) is 22.8 Å². The molecule has 150 valence electrons. The molecule has 0 aliphatic rings. The average Bonchev–Trinajstić information content (AvgIpc) is 2.62. The van der Waals surface area contributed by atoms with Crippen LogP contribution in [-0.4, -0.2) is 30.1 Å². The topological polar surface area (TPSA) is 49.4 Å². The van der Waals surface area contributed by atoms with E-state index in [2.05, 4.69) is 5.32 Å². The van der Waals surface area contributed by atoms with Crippen LogP contribution >= 0.6 is 11.8 Å². The number of hydrogen-bond donors (Lipinski definition) is 1. The van der Waals surface area contributed by atoms with Crippen LogP contribution in [0.15, 0.2) is 53.4 Å². The van der Waals surface area contributed by atoms with Gasteiger partial charge in [0.2, 0.25) is 5.91 Å². The molecule has 2 aromatic rings. The maximum absolute atomic E-state index is 12.7. The van der Waals surface area contributed by atoms with E-state index in [1.165, 1.54) is 17.0 Å². The summed E-state index contributed by atoms with van der Waals surface area (Å²) in [5, 5.41) is 2.61. The van der Waals surface area contributed by atoms with E-state index in [-0.39, 0.29) is 23.5 Å². The molecule has 28 heavy (non-hydrogen) atoms. The van der Waals surface area contributed by atoms with Gasteiger partial charge in [0.15, 0.2) is 0 Å². The quantitative estimate of drug-likeness (QED) is 0.652. The second-order valence-corrected chi connectivity index (χ2v) is 7.52. The zero-order valence-corrected chi connectivity index (χ0v) is 16.5. The van der Waals surface area contributed by atoms with E-state index in [0.717, 1.165) is 23.9 Å². The highest BCUT2D eigenvalue weighted by atomic mass is 32.2. The Bertz CT molecular complexity index is 836. The van der Waals surface area contributed by atoms with Gasteiger partial charge in [-0.05, 0) is 47.5 Å². The summed E-state index contributed by atoms with van der Waals surface area (Å²) in [6.07, 6.45) is -4.28. The van der Waals surface area contributed by atoms with Gasteiger partial charge >= 0.3 is 6.18 Å². The molecule has 0 bridgehead atoms. The predicted molar refractivity (Wildman–Crippen MR) is 104 cm³/mol. The van der Waals surface area contributed by atoms with Crippen molar-refractivity contribution < 1.29 is 22.8 Å². The fraction of sp³-hybridized carbons (Fsp3) is 0.300. The first kappa shape index (κ1) is 21.8. The number of thioether (sulfide) groups is 1. The Morgan fingerprint density at radius 3 is 2.25 bits per heavy atom. The SMILES string of the molecule is CC(CC(=O)Nc1ccccc1SC(=O)N(C)C)c1ccc(C(F)(F)F)cc1. The van der Waals surface area contributed by atoms with Crippen molar-refractivity contribution in [2.75, 3.05) is 19.4 Å². The molecule has 0 aliphatic heterocycles. The molecule has 0 fully saturated rings. The van der Waals surface area contributed by atoms with Crippen molar-refractivity contribution in [3.63, 3.8) is 0 Å². The highest BCUT2D eigenvalue weighted by molar-refractivity contribution is 8.13. The second-order valence-electron chi connectivity index (χ2n) is 6.53. The van der Waals surface area contributed by atoms with Crippen LogP contribution < -0.4 is 5.32 Å². The molecule has 2 amide bonds. The number of nitrogens with zero attached hydrogens (tertiary/aromatic N) is 1. The normalized spacial score (nSPS) is 12.4. The largest absolute Gasteiger partial charge is 0.416 e. The summed E-state index contributed by atoms with van der Waals surface area (Å²) >= 11 is 1.01. The van der Waals surface area contributed by atoms with Crippen molar-refractivity contribution >= 4 is 28.6 Å². The van der Waals surface area contributed by atoms with Crippen molar-refractivity contribution in [1.29, 1.82) is 0 Å². The zero-order valence-electron chi connectivity index (χ0n) is 15.7. The van der Waals surface area contributed by atoms with Gasteiger partial charge < -0.3 is 10.2 Å². The highest BCUT2D eigenvalue weighted by Crippen LogP contribution is 2.31. The summed E-state index contributed by atoms with van der Waals surface area (Å²) in [6, 6.07) is 11.8. The van der Waals surface area contributed by atoms with E-state index in [1.54, 1.807) is 45.3 Å². The highest BCUT2D eigenvalue weighted by Gasteiger charge is 2.30. The van der Waals surface area contributed by atoms with E-state index in [0.29, 0.717) is 16.1 Å². The lowest BCUT2D eigenvalue weighted by Crippen LogP contribution is -2.17. The van der Waals surface area contributed by atoms with Crippen LogP contribution in [0.5, 0.6) is 0 Å². The van der Waals surface area contributed by atoms with Gasteiger partial charge in [-0.1, -0.05) is 31.2 Å². The van der Waals surface area contributed by atoms with Crippen molar-refractivity contribution in [1.82, 2.24) is 4.90 Å². The van der Waals surface area contributed by atoms with Gasteiger partial charge in [0, 0.05) is 25.4 Å². The third kappa shape index (κ3) is 6.02. The van der Waals surface area contributed by atoms with E-state index >= 15 is 0 Å². The number of hydrogen-bond acceptors (Lipinski definition) is 3. The number of alkyl halides is 3. The van der Waals surface area contributed by atoms with Crippen LogP contribution in [0.25, 0.3) is 0 Å². The fourth-order valence-electron chi connectivity index (χ4n) is 2.44. The molecule has 0 aromatic heterocycles. The molecule has 0 heterocycles. The molecule has 0 radical (unpaired) electrons. The van der Waals surface area contributed by atoms with Gasteiger partial charge in [-0.15, -0.1) is 0 Å². The Morgan fingerprint density at radius 1 is 1.07 bits per heavy atom. The molecule has 1 unspecified atom stereocenters. The lowest BCUT2D eigenvalue weighted by atomic mass is 9.96. The van der Waals surface area contributed by atoms with Crippen LogP contribution in [0.4, 0.5) is 23.7 Å². The van der Waals surface area contributed by atoms with Crippen molar-refractivity contribution in [2.45, 2.75) is 30.3 Å². The lowest BCUT2D eigenvalue weighted by Gasteiger charge is -2.15. The maximum atomic E-state index is 12.7. The summed E-state index contributed by atoms with van der Waals surface area (Å²) in [5.74, 6) is -0.539. The molecule has 0 aliphatic carbocycles. The van der Waals surface area contributed by atoms with E-state index in [4.69, 9.17) is 0 Å². The number of anilines is 1. The van der Waals surface area contributed by atoms with Crippen molar-refractivity contribution in [3.8, 4) is 0 Å². The summed E-state index contributed by atoms with van der Waals surface area (Å²) in [6.45, 7) is 1.78. The minimum atomic E-state index is -4.38. The zero-order chi connectivity index (χ0) is 20.9. The van der Waals surface area contributed by atoms with Crippen molar-refractivity contribution in [3.05, 3.63) is 59.7 Å². The smallest absolute Gasteiger partial charge is 0.339 e. The molecular formula is C20H21F3N2O2S. The lowest BCUT2D eigenvalue weighted by molar-refractivity contribution is -0.137. The van der Waals surface area contributed by atoms with Gasteiger partial charge in [0.05, 0.1) is 11.3 Å². The number of carbonyl (C=O) groups excluding carboxylic acids is 2. The van der Waals surface area contributed by atoms with Crippen LogP contribution in [-0.2, 0) is 11.0 Å². The van der Waals surface area contributed by atoms with Crippen LogP contribution in [0.1, 0.15) is 30.4 Å². The molecule has 0 spiro atoms. The van der Waals surface area contributed by atoms with Crippen LogP contribution in [0, 0.1) is 0 Å². The third-order valence-corrected chi connectivity index (χ3v) is 5.14. The molecule has 1 atom stereocenters. The van der Waals surface area contributed by atoms with Gasteiger partial charge in [-0.2, -0.15) is 13.2 Å². The molecule has 4 nitrogen and oxygen atoms in total. The number of para-hydroxylation sites is 1. The summed E-state index contributed by atoms with van der Waals surface area (Å²) < 4.78 is 38.0. The van der Waals surface area contributed by atoms with Crippen LogP contribution in [0.2, 0.25) is 0 Å². The fourth-order valence-corrected chi connectivity index (χ4v) is 3.19. The average molecular weight is 410 g/mol. The summed E-state index contributed by atoms with van der Waals surface area (Å²) in [7, 11) is 3.28. The number of halogens is 3. The van der Waals surface area contributed by atoms with Gasteiger partial charge in [-0.3, -0.25) is 9.59 Å².